The first kappa shape index (κ1) is 16.1. The smallest absolute Gasteiger partial charge is 0.213 e. The number of guanidine groups is 1. The molecule has 0 aliphatic heterocycles. The van der Waals surface area contributed by atoms with Crippen LogP contribution in [0.15, 0.2) is 45.9 Å². The number of nitrogens with zero attached hydrogens (tertiary/aromatic N) is 2. The summed E-state index contributed by atoms with van der Waals surface area (Å²) in [5.74, 6) is 2.27. The minimum atomic E-state index is -0.0293. The highest BCUT2D eigenvalue weighted by atomic mass is 16.4. The van der Waals surface area contributed by atoms with Crippen LogP contribution < -0.4 is 10.6 Å². The van der Waals surface area contributed by atoms with Gasteiger partial charge in [0.05, 0.1) is 12.7 Å². The largest absolute Gasteiger partial charge is 0.443 e. The molecule has 0 fully saturated rings. The third kappa shape index (κ3) is 4.62. The molecule has 0 amide bonds. The van der Waals surface area contributed by atoms with Crippen LogP contribution in [0.1, 0.15) is 38.0 Å². The molecule has 0 atom stereocenters. The van der Waals surface area contributed by atoms with Crippen LogP contribution in [-0.4, -0.2) is 18.0 Å². The van der Waals surface area contributed by atoms with E-state index in [1.54, 1.807) is 13.2 Å². The minimum absolute atomic E-state index is 0.0293. The highest BCUT2D eigenvalue weighted by Gasteiger charge is 2.19. The molecule has 0 unspecified atom stereocenters. The summed E-state index contributed by atoms with van der Waals surface area (Å²) in [6.07, 6.45) is 1.79. The summed E-state index contributed by atoms with van der Waals surface area (Å²) in [4.78, 5) is 8.49. The van der Waals surface area contributed by atoms with Gasteiger partial charge in [0.25, 0.3) is 0 Å². The molecule has 1 heterocycles. The zero-order valence-electron chi connectivity index (χ0n) is 13.7. The topological polar surface area (TPSA) is 62.5 Å². The molecular formula is C17H24N4O. The minimum Gasteiger partial charge on any atom is -0.443 e. The van der Waals surface area contributed by atoms with Gasteiger partial charge in [-0.15, -0.1) is 0 Å². The van der Waals surface area contributed by atoms with Crippen molar-refractivity contribution in [1.82, 2.24) is 15.6 Å². The standard InChI is InChI=1S/C17H24N4O/c1-17(2,3)14-11-19-15(22-14)12-21-16(18-4)20-10-13-8-6-5-7-9-13/h5-9,11H,10,12H2,1-4H3,(H2,18,20,21). The van der Waals surface area contributed by atoms with E-state index in [-0.39, 0.29) is 5.41 Å². The molecule has 0 bridgehead atoms. The maximum atomic E-state index is 5.75. The van der Waals surface area contributed by atoms with Gasteiger partial charge in [-0.3, -0.25) is 4.99 Å². The van der Waals surface area contributed by atoms with E-state index in [4.69, 9.17) is 4.42 Å². The van der Waals surface area contributed by atoms with Gasteiger partial charge >= 0.3 is 0 Å². The molecule has 0 spiro atoms. The van der Waals surface area contributed by atoms with E-state index in [2.05, 4.69) is 53.5 Å². The van der Waals surface area contributed by atoms with Crippen LogP contribution in [-0.2, 0) is 18.5 Å². The Morgan fingerprint density at radius 1 is 1.14 bits per heavy atom. The number of oxazole rings is 1. The average Bonchev–Trinajstić information content (AvgIpc) is 2.97. The Kier molecular flexibility index (Phi) is 5.20. The summed E-state index contributed by atoms with van der Waals surface area (Å²) in [5.41, 5.74) is 1.18. The maximum Gasteiger partial charge on any atom is 0.213 e. The van der Waals surface area contributed by atoms with Crippen LogP contribution in [0.2, 0.25) is 0 Å². The predicted molar refractivity (Wildman–Crippen MR) is 88.7 cm³/mol. The highest BCUT2D eigenvalue weighted by molar-refractivity contribution is 5.79. The number of benzene rings is 1. The van der Waals surface area contributed by atoms with Crippen LogP contribution in [0.4, 0.5) is 0 Å². The second-order valence-electron chi connectivity index (χ2n) is 6.13. The lowest BCUT2D eigenvalue weighted by molar-refractivity contribution is 0.379. The van der Waals surface area contributed by atoms with E-state index >= 15 is 0 Å². The molecule has 5 heteroatoms. The van der Waals surface area contributed by atoms with Gasteiger partial charge in [-0.05, 0) is 5.56 Å². The van der Waals surface area contributed by atoms with Gasteiger partial charge in [0, 0.05) is 19.0 Å². The van der Waals surface area contributed by atoms with Crippen molar-refractivity contribution in [3.63, 3.8) is 0 Å². The second kappa shape index (κ2) is 7.11. The van der Waals surface area contributed by atoms with E-state index < -0.39 is 0 Å². The van der Waals surface area contributed by atoms with Crippen LogP contribution in [0, 0.1) is 0 Å². The van der Waals surface area contributed by atoms with Crippen molar-refractivity contribution in [3.8, 4) is 0 Å². The Hall–Kier alpha value is -2.30. The molecule has 1 aromatic heterocycles. The SMILES string of the molecule is CN=C(NCc1ccccc1)NCc1ncc(C(C)(C)C)o1. The van der Waals surface area contributed by atoms with E-state index in [9.17, 15) is 0 Å². The Morgan fingerprint density at radius 2 is 1.82 bits per heavy atom. The fourth-order valence-electron chi connectivity index (χ4n) is 1.90. The Labute approximate surface area is 131 Å². The lowest BCUT2D eigenvalue weighted by Crippen LogP contribution is -2.36. The molecule has 0 saturated heterocycles. The van der Waals surface area contributed by atoms with Crippen molar-refractivity contribution in [2.75, 3.05) is 7.05 Å². The van der Waals surface area contributed by atoms with E-state index in [1.807, 2.05) is 18.2 Å². The van der Waals surface area contributed by atoms with E-state index in [0.717, 1.165) is 18.3 Å². The third-order valence-electron chi connectivity index (χ3n) is 3.23. The molecular weight excluding hydrogens is 276 g/mol. The molecule has 5 nitrogen and oxygen atoms in total. The number of aliphatic imine (C=N–C) groups is 1. The monoisotopic (exact) mass is 300 g/mol. The third-order valence-corrected chi connectivity index (χ3v) is 3.23. The van der Waals surface area contributed by atoms with Crippen molar-refractivity contribution >= 4 is 5.96 Å². The summed E-state index contributed by atoms with van der Waals surface area (Å²) < 4.78 is 5.75. The van der Waals surface area contributed by atoms with Crippen molar-refractivity contribution < 1.29 is 4.42 Å². The fourth-order valence-corrected chi connectivity index (χ4v) is 1.90. The molecule has 118 valence electrons. The molecule has 0 radical (unpaired) electrons. The fraction of sp³-hybridized carbons (Fsp3) is 0.412. The average molecular weight is 300 g/mol. The van der Waals surface area contributed by atoms with Crippen LogP contribution >= 0.6 is 0 Å². The number of hydrogen-bond donors (Lipinski definition) is 2. The molecule has 22 heavy (non-hydrogen) atoms. The number of hydrogen-bond acceptors (Lipinski definition) is 3. The number of rotatable bonds is 4. The Bertz CT molecular complexity index is 611. The molecule has 1 aromatic carbocycles. The van der Waals surface area contributed by atoms with Gasteiger partial charge in [-0.2, -0.15) is 0 Å². The molecule has 2 aromatic rings. The lowest BCUT2D eigenvalue weighted by Gasteiger charge is -2.13. The molecule has 2 N–H and O–H groups in total. The second-order valence-corrected chi connectivity index (χ2v) is 6.13. The van der Waals surface area contributed by atoms with Crippen molar-refractivity contribution in [2.45, 2.75) is 39.3 Å². The van der Waals surface area contributed by atoms with Crippen LogP contribution in [0.25, 0.3) is 0 Å². The summed E-state index contributed by atoms with van der Waals surface area (Å²) >= 11 is 0. The van der Waals surface area contributed by atoms with Crippen LogP contribution in [0.3, 0.4) is 0 Å². The summed E-state index contributed by atoms with van der Waals surface area (Å²) in [7, 11) is 1.75. The van der Waals surface area contributed by atoms with Crippen molar-refractivity contribution in [2.24, 2.45) is 4.99 Å². The van der Waals surface area contributed by atoms with E-state index in [1.165, 1.54) is 5.56 Å². The molecule has 2 rings (SSSR count). The first-order valence-corrected chi connectivity index (χ1v) is 7.42. The quantitative estimate of drug-likeness (QED) is 0.673. The maximum absolute atomic E-state index is 5.75. The first-order valence-electron chi connectivity index (χ1n) is 7.42. The van der Waals surface area contributed by atoms with Crippen molar-refractivity contribution in [1.29, 1.82) is 0 Å². The van der Waals surface area contributed by atoms with Gasteiger partial charge in [0.15, 0.2) is 5.96 Å². The van der Waals surface area contributed by atoms with E-state index in [0.29, 0.717) is 12.4 Å². The number of aromatic nitrogens is 1. The van der Waals surface area contributed by atoms with Gasteiger partial charge in [0.1, 0.15) is 5.76 Å². The molecule has 0 aliphatic carbocycles. The predicted octanol–water partition coefficient (Wildman–Crippen LogP) is 2.84. The first-order chi connectivity index (χ1) is 10.5. The van der Waals surface area contributed by atoms with Gasteiger partial charge in [-0.25, -0.2) is 4.98 Å². The lowest BCUT2D eigenvalue weighted by atomic mass is 9.94. The summed E-state index contributed by atoms with van der Waals surface area (Å²) in [5, 5.41) is 6.47. The Morgan fingerprint density at radius 3 is 2.41 bits per heavy atom. The van der Waals surface area contributed by atoms with Gasteiger partial charge in [-0.1, -0.05) is 51.1 Å². The van der Waals surface area contributed by atoms with Crippen LogP contribution in [0.5, 0.6) is 0 Å². The van der Waals surface area contributed by atoms with Gasteiger partial charge < -0.3 is 15.1 Å². The molecule has 0 saturated carbocycles. The highest BCUT2D eigenvalue weighted by Crippen LogP contribution is 2.22. The summed E-state index contributed by atoms with van der Waals surface area (Å²) in [6, 6.07) is 10.2. The Balaban J connectivity index is 1.85. The normalized spacial score (nSPS) is 12.3. The van der Waals surface area contributed by atoms with Crippen molar-refractivity contribution in [3.05, 3.63) is 53.7 Å². The zero-order chi connectivity index (χ0) is 16.0. The van der Waals surface area contributed by atoms with Gasteiger partial charge in [0.2, 0.25) is 5.89 Å². The summed E-state index contributed by atoms with van der Waals surface area (Å²) in [6.45, 7) is 7.53. The number of nitrogens with one attached hydrogen (secondary N) is 2. The molecule has 0 aliphatic rings. The zero-order valence-corrected chi connectivity index (χ0v) is 13.7.